The van der Waals surface area contributed by atoms with E-state index in [1.54, 1.807) is 18.2 Å². The van der Waals surface area contributed by atoms with Crippen LogP contribution in [-0.4, -0.2) is 41.4 Å². The Bertz CT molecular complexity index is 718. The Morgan fingerprint density at radius 3 is 2.58 bits per heavy atom. The number of benzene rings is 1. The van der Waals surface area contributed by atoms with Crippen molar-refractivity contribution < 1.29 is 23.0 Å². The molecule has 3 rings (SSSR count). The minimum Gasteiger partial charge on any atom is -0.479 e. The quantitative estimate of drug-likeness (QED) is 0.895. The van der Waals surface area contributed by atoms with Gasteiger partial charge in [0.25, 0.3) is 0 Å². The minimum absolute atomic E-state index is 0.461. The number of nitrogens with one attached hydrogen (secondary N) is 1. The number of hydrogen-bond acceptors (Lipinski definition) is 6. The molecular weight excluding hydrogens is 325 g/mol. The van der Waals surface area contributed by atoms with E-state index in [0.29, 0.717) is 38.2 Å². The van der Waals surface area contributed by atoms with E-state index >= 15 is 0 Å². The van der Waals surface area contributed by atoms with Gasteiger partial charge < -0.3 is 20.1 Å². The second kappa shape index (κ2) is 6.52. The van der Waals surface area contributed by atoms with Crippen LogP contribution in [0.15, 0.2) is 30.5 Å². The molecule has 128 valence electrons. The fourth-order valence-corrected chi connectivity index (χ4v) is 2.46. The van der Waals surface area contributed by atoms with Gasteiger partial charge in [-0.2, -0.15) is 18.2 Å². The van der Waals surface area contributed by atoms with Crippen LogP contribution in [0.5, 0.6) is 6.01 Å². The van der Waals surface area contributed by atoms with E-state index in [1.165, 1.54) is 0 Å². The van der Waals surface area contributed by atoms with Gasteiger partial charge in [-0.25, -0.2) is 4.98 Å². The summed E-state index contributed by atoms with van der Waals surface area (Å²) in [7, 11) is 0. The van der Waals surface area contributed by atoms with Crippen molar-refractivity contribution in [3.8, 4) is 6.01 Å². The van der Waals surface area contributed by atoms with Gasteiger partial charge in [-0.1, -0.05) is 12.1 Å². The van der Waals surface area contributed by atoms with Crippen molar-refractivity contribution in [3.05, 3.63) is 36.0 Å². The first-order valence-electron chi connectivity index (χ1n) is 7.27. The highest BCUT2D eigenvalue weighted by atomic mass is 19.4. The Morgan fingerprint density at radius 1 is 1.17 bits per heavy atom. The molecule has 0 spiro atoms. The van der Waals surface area contributed by atoms with Gasteiger partial charge in [-0.05, 0) is 12.1 Å². The van der Waals surface area contributed by atoms with Crippen LogP contribution in [0, 0.1) is 0 Å². The number of morpholine rings is 1. The zero-order chi connectivity index (χ0) is 17.2. The van der Waals surface area contributed by atoms with Gasteiger partial charge >= 0.3 is 12.2 Å². The Kier molecular flexibility index (Phi) is 4.43. The standard InChI is InChI=1S/C15H15F3N4O2/c16-15(17,18)10-9-19-14(23)21-13(10)20-11-3-1-2-4-12(11)22-5-7-24-8-6-22/h1-4,9H,5-8H2,(H2,19,20,21,23). The highest BCUT2D eigenvalue weighted by Gasteiger charge is 2.35. The first kappa shape index (κ1) is 16.3. The lowest BCUT2D eigenvalue weighted by molar-refractivity contribution is -0.137. The molecule has 0 aliphatic carbocycles. The van der Waals surface area contributed by atoms with Crippen molar-refractivity contribution in [2.24, 2.45) is 0 Å². The van der Waals surface area contributed by atoms with E-state index < -0.39 is 23.6 Å². The molecule has 0 saturated carbocycles. The summed E-state index contributed by atoms with van der Waals surface area (Å²) in [5.41, 5.74) is 0.159. The molecule has 1 aromatic heterocycles. The number of aromatic hydroxyl groups is 1. The molecule has 0 atom stereocenters. The maximum Gasteiger partial charge on any atom is 0.421 e. The van der Waals surface area contributed by atoms with E-state index in [4.69, 9.17) is 4.74 Å². The second-order valence-corrected chi connectivity index (χ2v) is 5.17. The molecule has 0 amide bonds. The average Bonchev–Trinajstić information content (AvgIpc) is 2.55. The summed E-state index contributed by atoms with van der Waals surface area (Å²) >= 11 is 0. The summed E-state index contributed by atoms with van der Waals surface area (Å²) in [6.07, 6.45) is -4.08. The molecule has 1 aliphatic rings. The Morgan fingerprint density at radius 2 is 1.88 bits per heavy atom. The monoisotopic (exact) mass is 340 g/mol. The number of aromatic nitrogens is 2. The third kappa shape index (κ3) is 3.51. The van der Waals surface area contributed by atoms with E-state index in [0.717, 1.165) is 5.69 Å². The van der Waals surface area contributed by atoms with Gasteiger partial charge in [-0.15, -0.1) is 0 Å². The highest BCUT2D eigenvalue weighted by molar-refractivity contribution is 5.75. The summed E-state index contributed by atoms with van der Waals surface area (Å²) in [5, 5.41) is 12.0. The van der Waals surface area contributed by atoms with Crippen LogP contribution in [0.4, 0.5) is 30.4 Å². The predicted molar refractivity (Wildman–Crippen MR) is 81.5 cm³/mol. The largest absolute Gasteiger partial charge is 0.479 e. The number of rotatable bonds is 3. The number of hydrogen-bond donors (Lipinski definition) is 2. The third-order valence-electron chi connectivity index (χ3n) is 3.59. The molecular formula is C15H15F3N4O2. The summed E-state index contributed by atoms with van der Waals surface area (Å²) in [6, 6.07) is 6.25. The molecule has 1 fully saturated rings. The fraction of sp³-hybridized carbons (Fsp3) is 0.333. The van der Waals surface area contributed by atoms with Gasteiger partial charge in [0.2, 0.25) is 0 Å². The Balaban J connectivity index is 1.96. The van der Waals surface area contributed by atoms with E-state index in [2.05, 4.69) is 15.3 Å². The van der Waals surface area contributed by atoms with Crippen molar-refractivity contribution in [2.75, 3.05) is 36.5 Å². The van der Waals surface area contributed by atoms with Crippen molar-refractivity contribution in [3.63, 3.8) is 0 Å². The number of alkyl halides is 3. The number of anilines is 3. The van der Waals surface area contributed by atoms with Crippen LogP contribution in [0.2, 0.25) is 0 Å². The maximum absolute atomic E-state index is 13.1. The van der Waals surface area contributed by atoms with Crippen molar-refractivity contribution in [2.45, 2.75) is 6.18 Å². The van der Waals surface area contributed by atoms with Crippen LogP contribution >= 0.6 is 0 Å². The third-order valence-corrected chi connectivity index (χ3v) is 3.59. The molecule has 0 bridgehead atoms. The molecule has 1 saturated heterocycles. The number of nitrogens with zero attached hydrogens (tertiary/aromatic N) is 3. The van der Waals surface area contributed by atoms with Crippen LogP contribution in [-0.2, 0) is 10.9 Å². The summed E-state index contributed by atoms with van der Waals surface area (Å²) in [6.45, 7) is 2.38. The normalized spacial score (nSPS) is 15.4. The molecule has 0 unspecified atom stereocenters. The summed E-state index contributed by atoms with van der Waals surface area (Å²) in [4.78, 5) is 8.72. The van der Waals surface area contributed by atoms with Gasteiger partial charge in [0.1, 0.15) is 11.4 Å². The molecule has 24 heavy (non-hydrogen) atoms. The van der Waals surface area contributed by atoms with Gasteiger partial charge in [0, 0.05) is 19.3 Å². The predicted octanol–water partition coefficient (Wildman–Crippen LogP) is 2.78. The lowest BCUT2D eigenvalue weighted by Gasteiger charge is -2.30. The van der Waals surface area contributed by atoms with E-state index in [-0.39, 0.29) is 0 Å². The topological polar surface area (TPSA) is 70.5 Å². The lowest BCUT2D eigenvalue weighted by Crippen LogP contribution is -2.36. The van der Waals surface area contributed by atoms with Crippen molar-refractivity contribution in [1.29, 1.82) is 0 Å². The van der Waals surface area contributed by atoms with E-state index in [9.17, 15) is 18.3 Å². The smallest absolute Gasteiger partial charge is 0.421 e. The highest BCUT2D eigenvalue weighted by Crippen LogP contribution is 2.37. The van der Waals surface area contributed by atoms with Crippen LogP contribution in [0.1, 0.15) is 5.56 Å². The number of halogens is 3. The molecule has 2 aromatic rings. The lowest BCUT2D eigenvalue weighted by atomic mass is 10.2. The Hall–Kier alpha value is -2.55. The average molecular weight is 340 g/mol. The second-order valence-electron chi connectivity index (χ2n) is 5.17. The summed E-state index contributed by atoms with van der Waals surface area (Å²) in [5.74, 6) is -0.490. The molecule has 9 heteroatoms. The fourth-order valence-electron chi connectivity index (χ4n) is 2.46. The molecule has 1 aromatic carbocycles. The first-order valence-corrected chi connectivity index (χ1v) is 7.27. The SMILES string of the molecule is Oc1ncc(C(F)(F)F)c(Nc2ccccc2N2CCOCC2)n1. The molecule has 2 N–H and O–H groups in total. The number of ether oxygens (including phenoxy) is 1. The molecule has 6 nitrogen and oxygen atoms in total. The van der Waals surface area contributed by atoms with Crippen LogP contribution < -0.4 is 10.2 Å². The van der Waals surface area contributed by atoms with Gasteiger partial charge in [0.15, 0.2) is 0 Å². The zero-order valence-corrected chi connectivity index (χ0v) is 12.5. The maximum atomic E-state index is 13.1. The van der Waals surface area contributed by atoms with Crippen LogP contribution in [0.3, 0.4) is 0 Å². The molecule has 0 radical (unpaired) electrons. The van der Waals surface area contributed by atoms with E-state index in [1.807, 2.05) is 11.0 Å². The van der Waals surface area contributed by atoms with Crippen molar-refractivity contribution >= 4 is 17.2 Å². The van der Waals surface area contributed by atoms with Crippen molar-refractivity contribution in [1.82, 2.24) is 9.97 Å². The number of para-hydroxylation sites is 2. The zero-order valence-electron chi connectivity index (χ0n) is 12.5. The molecule has 1 aliphatic heterocycles. The van der Waals surface area contributed by atoms with Crippen LogP contribution in [0.25, 0.3) is 0 Å². The molecule has 2 heterocycles. The Labute approximate surface area is 135 Å². The summed E-state index contributed by atoms with van der Waals surface area (Å²) < 4.78 is 44.6. The first-order chi connectivity index (χ1) is 11.4. The van der Waals surface area contributed by atoms with Gasteiger partial charge in [-0.3, -0.25) is 0 Å². The van der Waals surface area contributed by atoms with Gasteiger partial charge in [0.05, 0.1) is 24.6 Å². The minimum atomic E-state index is -4.63.